The fourth-order valence-electron chi connectivity index (χ4n) is 2.79. The van der Waals surface area contributed by atoms with Gasteiger partial charge >= 0.3 is 0 Å². The summed E-state index contributed by atoms with van der Waals surface area (Å²) in [5, 5.41) is 3.13. The van der Waals surface area contributed by atoms with Crippen LogP contribution in [0.1, 0.15) is 35.9 Å². The van der Waals surface area contributed by atoms with Crippen LogP contribution < -0.4 is 5.32 Å². The van der Waals surface area contributed by atoms with Crippen molar-refractivity contribution in [2.75, 3.05) is 20.1 Å². The van der Waals surface area contributed by atoms with Crippen molar-refractivity contribution in [2.45, 2.75) is 32.7 Å². The molecule has 5 heteroatoms. The van der Waals surface area contributed by atoms with E-state index in [1.807, 2.05) is 14.0 Å². The normalized spacial score (nSPS) is 19.4. The summed E-state index contributed by atoms with van der Waals surface area (Å²) in [6.45, 7) is 6.22. The zero-order valence-corrected chi connectivity index (χ0v) is 12.3. The third-order valence-corrected chi connectivity index (χ3v) is 4.16. The van der Waals surface area contributed by atoms with E-state index in [4.69, 9.17) is 0 Å². The summed E-state index contributed by atoms with van der Waals surface area (Å²) in [7, 11) is 4.01. The maximum Gasteiger partial charge on any atom is 0.270 e. The highest BCUT2D eigenvalue weighted by atomic mass is 16.2. The number of aryl methyl sites for hydroxylation is 2. The van der Waals surface area contributed by atoms with Crippen LogP contribution in [0, 0.1) is 12.8 Å². The SMILES string of the molecule is Cc1ncn(C)c1C(=O)NC(C)C1CCN(C)CC1. The van der Waals surface area contributed by atoms with E-state index >= 15 is 0 Å². The van der Waals surface area contributed by atoms with Gasteiger partial charge in [0.15, 0.2) is 0 Å². The molecule has 0 radical (unpaired) electrons. The Balaban J connectivity index is 1.95. The first-order chi connectivity index (χ1) is 8.99. The topological polar surface area (TPSA) is 50.2 Å². The van der Waals surface area contributed by atoms with Gasteiger partial charge in [-0.2, -0.15) is 0 Å². The maximum atomic E-state index is 12.3. The maximum absolute atomic E-state index is 12.3. The standard InChI is InChI=1S/C14H24N4O/c1-10(12-5-7-17(3)8-6-12)16-14(19)13-11(2)15-9-18(13)4/h9-10,12H,5-8H2,1-4H3,(H,16,19). The second-order valence-electron chi connectivity index (χ2n) is 5.69. The number of imidazole rings is 1. The van der Waals surface area contributed by atoms with Crippen LogP contribution in [-0.4, -0.2) is 46.5 Å². The Morgan fingerprint density at radius 1 is 1.42 bits per heavy atom. The number of aromatic nitrogens is 2. The minimum atomic E-state index is -0.0103. The zero-order valence-electron chi connectivity index (χ0n) is 12.3. The van der Waals surface area contributed by atoms with E-state index in [1.165, 1.54) is 0 Å². The zero-order chi connectivity index (χ0) is 14.0. The second kappa shape index (κ2) is 5.74. The van der Waals surface area contributed by atoms with Gasteiger partial charge in [0.2, 0.25) is 0 Å². The molecule has 0 aromatic carbocycles. The van der Waals surface area contributed by atoms with E-state index in [9.17, 15) is 4.79 Å². The molecule has 1 saturated heterocycles. The number of piperidine rings is 1. The van der Waals surface area contributed by atoms with Crippen LogP contribution in [0.15, 0.2) is 6.33 Å². The van der Waals surface area contributed by atoms with Crippen molar-refractivity contribution in [1.29, 1.82) is 0 Å². The van der Waals surface area contributed by atoms with Gasteiger partial charge in [-0.25, -0.2) is 4.98 Å². The summed E-state index contributed by atoms with van der Waals surface area (Å²) in [6.07, 6.45) is 4.00. The van der Waals surface area contributed by atoms with Crippen molar-refractivity contribution < 1.29 is 4.79 Å². The smallest absolute Gasteiger partial charge is 0.270 e. The van der Waals surface area contributed by atoms with Gasteiger partial charge in [-0.3, -0.25) is 4.79 Å². The van der Waals surface area contributed by atoms with E-state index < -0.39 is 0 Å². The molecule has 0 saturated carbocycles. The highest BCUT2D eigenvalue weighted by molar-refractivity contribution is 5.93. The molecule has 1 aliphatic rings. The largest absolute Gasteiger partial charge is 0.348 e. The Bertz CT molecular complexity index is 427. The lowest BCUT2D eigenvalue weighted by atomic mass is 9.90. The number of rotatable bonds is 3. The van der Waals surface area contributed by atoms with Crippen molar-refractivity contribution in [1.82, 2.24) is 19.8 Å². The van der Waals surface area contributed by atoms with Gasteiger partial charge in [0.1, 0.15) is 5.69 Å². The fourth-order valence-corrected chi connectivity index (χ4v) is 2.79. The lowest BCUT2D eigenvalue weighted by Crippen LogP contribution is -2.43. The number of likely N-dealkylation sites (tertiary alicyclic amines) is 1. The molecule has 2 heterocycles. The summed E-state index contributed by atoms with van der Waals surface area (Å²) >= 11 is 0. The highest BCUT2D eigenvalue weighted by Gasteiger charge is 2.25. The molecule has 0 bridgehead atoms. The van der Waals surface area contributed by atoms with Gasteiger partial charge in [-0.15, -0.1) is 0 Å². The van der Waals surface area contributed by atoms with Crippen molar-refractivity contribution in [3.05, 3.63) is 17.7 Å². The molecule has 5 nitrogen and oxygen atoms in total. The third kappa shape index (κ3) is 3.15. The summed E-state index contributed by atoms with van der Waals surface area (Å²) in [5.41, 5.74) is 1.45. The number of amides is 1. The van der Waals surface area contributed by atoms with Crippen LogP contribution in [0.3, 0.4) is 0 Å². The van der Waals surface area contributed by atoms with E-state index in [-0.39, 0.29) is 11.9 Å². The van der Waals surface area contributed by atoms with Gasteiger partial charge in [0, 0.05) is 13.1 Å². The molecular weight excluding hydrogens is 240 g/mol. The van der Waals surface area contributed by atoms with Gasteiger partial charge in [0.05, 0.1) is 12.0 Å². The minimum Gasteiger partial charge on any atom is -0.348 e. The average molecular weight is 264 g/mol. The molecule has 2 rings (SSSR count). The van der Waals surface area contributed by atoms with E-state index in [0.29, 0.717) is 11.6 Å². The van der Waals surface area contributed by atoms with Gasteiger partial charge in [-0.1, -0.05) is 0 Å². The van der Waals surface area contributed by atoms with E-state index in [1.54, 1.807) is 10.9 Å². The first-order valence-electron chi connectivity index (χ1n) is 6.96. The van der Waals surface area contributed by atoms with Crippen molar-refractivity contribution >= 4 is 5.91 Å². The number of hydrogen-bond acceptors (Lipinski definition) is 3. The van der Waals surface area contributed by atoms with Gasteiger partial charge < -0.3 is 14.8 Å². The quantitative estimate of drug-likeness (QED) is 0.892. The number of carbonyl (C=O) groups is 1. The van der Waals surface area contributed by atoms with Crippen LogP contribution in [0.25, 0.3) is 0 Å². The Morgan fingerprint density at radius 3 is 2.58 bits per heavy atom. The number of carbonyl (C=O) groups excluding carboxylic acids is 1. The molecular formula is C14H24N4O. The molecule has 1 atom stereocenters. The Kier molecular flexibility index (Phi) is 4.24. The third-order valence-electron chi connectivity index (χ3n) is 4.16. The summed E-state index contributed by atoms with van der Waals surface area (Å²) in [5.74, 6) is 0.567. The molecule has 1 aromatic heterocycles. The van der Waals surface area contributed by atoms with Crippen LogP contribution in [0.4, 0.5) is 0 Å². The highest BCUT2D eigenvalue weighted by Crippen LogP contribution is 2.20. The number of hydrogen-bond donors (Lipinski definition) is 1. The molecule has 1 unspecified atom stereocenters. The first kappa shape index (κ1) is 14.1. The van der Waals surface area contributed by atoms with E-state index in [2.05, 4.69) is 29.2 Å². The summed E-state index contributed by atoms with van der Waals surface area (Å²) in [4.78, 5) is 18.8. The lowest BCUT2D eigenvalue weighted by molar-refractivity contribution is 0.0900. The van der Waals surface area contributed by atoms with Crippen LogP contribution in [-0.2, 0) is 7.05 Å². The number of nitrogens with one attached hydrogen (secondary N) is 1. The van der Waals surface area contributed by atoms with Crippen LogP contribution >= 0.6 is 0 Å². The molecule has 1 amide bonds. The molecule has 19 heavy (non-hydrogen) atoms. The van der Waals surface area contributed by atoms with Crippen molar-refractivity contribution in [3.63, 3.8) is 0 Å². The Hall–Kier alpha value is -1.36. The number of nitrogens with zero attached hydrogens (tertiary/aromatic N) is 3. The molecule has 0 spiro atoms. The van der Waals surface area contributed by atoms with Crippen LogP contribution in [0.5, 0.6) is 0 Å². The molecule has 1 N–H and O–H groups in total. The first-order valence-corrected chi connectivity index (χ1v) is 6.96. The minimum absolute atomic E-state index is 0.0103. The molecule has 106 valence electrons. The Labute approximate surface area is 115 Å². The molecule has 1 fully saturated rings. The fraction of sp³-hybridized carbons (Fsp3) is 0.714. The molecule has 1 aromatic rings. The van der Waals surface area contributed by atoms with Crippen LogP contribution in [0.2, 0.25) is 0 Å². The molecule has 0 aliphatic carbocycles. The summed E-state index contributed by atoms with van der Waals surface area (Å²) < 4.78 is 1.78. The van der Waals surface area contributed by atoms with Crippen molar-refractivity contribution in [3.8, 4) is 0 Å². The Morgan fingerprint density at radius 2 is 2.05 bits per heavy atom. The lowest BCUT2D eigenvalue weighted by Gasteiger charge is -2.33. The van der Waals surface area contributed by atoms with Crippen molar-refractivity contribution in [2.24, 2.45) is 13.0 Å². The molecule has 1 aliphatic heterocycles. The second-order valence-corrected chi connectivity index (χ2v) is 5.69. The summed E-state index contributed by atoms with van der Waals surface area (Å²) in [6, 6.07) is 0.218. The predicted molar refractivity (Wildman–Crippen MR) is 75.1 cm³/mol. The monoisotopic (exact) mass is 264 g/mol. The van der Waals surface area contributed by atoms with Gasteiger partial charge in [0.25, 0.3) is 5.91 Å². The van der Waals surface area contributed by atoms with E-state index in [0.717, 1.165) is 31.6 Å². The predicted octanol–water partition coefficient (Wildman–Crippen LogP) is 1.19. The van der Waals surface area contributed by atoms with Gasteiger partial charge in [-0.05, 0) is 52.7 Å². The average Bonchev–Trinajstić information content (AvgIpc) is 2.69.